The molecule has 0 amide bonds. The molecule has 1 unspecified atom stereocenters. The number of hydrogen-bond donors (Lipinski definition) is 1. The Balaban J connectivity index is 1.94. The van der Waals surface area contributed by atoms with Crippen LogP contribution in [0.4, 0.5) is 10.1 Å². The van der Waals surface area contributed by atoms with E-state index >= 15 is 0 Å². The normalized spacial score (nSPS) is 11.9. The third kappa shape index (κ3) is 4.33. The number of thioether (sulfide) groups is 1. The zero-order valence-electron chi connectivity index (χ0n) is 10.5. The molecular weight excluding hydrogens is 277 g/mol. The van der Waals surface area contributed by atoms with Gasteiger partial charge in [-0.1, -0.05) is 30.4 Å². The van der Waals surface area contributed by atoms with Crippen LogP contribution in [-0.2, 0) is 0 Å². The summed E-state index contributed by atoms with van der Waals surface area (Å²) in [5.41, 5.74) is 0.985. The highest BCUT2D eigenvalue weighted by Gasteiger charge is 2.10. The van der Waals surface area contributed by atoms with E-state index in [-0.39, 0.29) is 11.1 Å². The lowest BCUT2D eigenvalue weighted by Gasteiger charge is -2.14. The molecule has 1 atom stereocenters. The Morgan fingerprint density at radius 2 is 1.74 bits per heavy atom. The first-order valence-corrected chi connectivity index (χ1v) is 7.22. The molecule has 0 bridgehead atoms. The standard InChI is InChI=1S/C15H14FNS2/c1-11(19-14-9-7-12(16)8-10-14)15(18)17-13-5-3-2-4-6-13/h2-11H,1H3,(H,17,18). The molecule has 4 heteroatoms. The van der Waals surface area contributed by atoms with Gasteiger partial charge in [0.1, 0.15) is 5.82 Å². The Labute approximate surface area is 122 Å². The zero-order valence-corrected chi connectivity index (χ0v) is 12.1. The summed E-state index contributed by atoms with van der Waals surface area (Å²) in [6, 6.07) is 16.3. The Morgan fingerprint density at radius 1 is 1.11 bits per heavy atom. The molecule has 98 valence electrons. The highest BCUT2D eigenvalue weighted by atomic mass is 32.2. The van der Waals surface area contributed by atoms with Crippen LogP contribution in [0.3, 0.4) is 0 Å². The summed E-state index contributed by atoms with van der Waals surface area (Å²) in [7, 11) is 0. The number of halogens is 1. The number of hydrogen-bond acceptors (Lipinski definition) is 2. The van der Waals surface area contributed by atoms with E-state index in [0.717, 1.165) is 15.6 Å². The molecule has 1 nitrogen and oxygen atoms in total. The molecule has 0 aliphatic heterocycles. The van der Waals surface area contributed by atoms with E-state index in [1.807, 2.05) is 37.3 Å². The van der Waals surface area contributed by atoms with Crippen LogP contribution in [0, 0.1) is 5.82 Å². The summed E-state index contributed by atoms with van der Waals surface area (Å²) in [5.74, 6) is -0.220. The van der Waals surface area contributed by atoms with E-state index in [2.05, 4.69) is 5.32 Å². The summed E-state index contributed by atoms with van der Waals surface area (Å²) in [6.45, 7) is 2.03. The molecule has 2 aromatic rings. The number of rotatable bonds is 4. The smallest absolute Gasteiger partial charge is 0.123 e. The molecule has 0 saturated carbocycles. The second-order valence-corrected chi connectivity index (χ2v) is 5.92. The second kappa shape index (κ2) is 6.68. The molecule has 0 aliphatic rings. The summed E-state index contributed by atoms with van der Waals surface area (Å²) in [6.07, 6.45) is 0. The van der Waals surface area contributed by atoms with Gasteiger partial charge < -0.3 is 5.32 Å². The molecule has 0 saturated heterocycles. The van der Waals surface area contributed by atoms with Crippen LogP contribution in [0.25, 0.3) is 0 Å². The maximum absolute atomic E-state index is 12.8. The molecule has 19 heavy (non-hydrogen) atoms. The first-order chi connectivity index (χ1) is 9.15. The lowest BCUT2D eigenvalue weighted by molar-refractivity contribution is 0.626. The van der Waals surface area contributed by atoms with E-state index in [9.17, 15) is 4.39 Å². The van der Waals surface area contributed by atoms with E-state index in [0.29, 0.717) is 0 Å². The van der Waals surface area contributed by atoms with Crippen molar-refractivity contribution in [2.24, 2.45) is 0 Å². The maximum Gasteiger partial charge on any atom is 0.123 e. The Kier molecular flexibility index (Phi) is 4.93. The monoisotopic (exact) mass is 291 g/mol. The van der Waals surface area contributed by atoms with Gasteiger partial charge in [-0.05, 0) is 43.3 Å². The van der Waals surface area contributed by atoms with E-state index in [1.54, 1.807) is 23.9 Å². The van der Waals surface area contributed by atoms with Gasteiger partial charge in [-0.25, -0.2) is 4.39 Å². The third-order valence-corrected chi connectivity index (χ3v) is 4.28. The Bertz CT molecular complexity index is 540. The third-order valence-electron chi connectivity index (χ3n) is 2.54. The zero-order chi connectivity index (χ0) is 13.7. The number of benzene rings is 2. The molecule has 1 N–H and O–H groups in total. The number of nitrogens with one attached hydrogen (secondary N) is 1. The number of anilines is 1. The summed E-state index contributed by atoms with van der Waals surface area (Å²) in [4.78, 5) is 1.77. The lowest BCUT2D eigenvalue weighted by atomic mass is 10.3. The fraction of sp³-hybridized carbons (Fsp3) is 0.133. The van der Waals surface area contributed by atoms with Crippen molar-refractivity contribution in [2.75, 3.05) is 5.32 Å². The van der Waals surface area contributed by atoms with Crippen LogP contribution in [0.2, 0.25) is 0 Å². The van der Waals surface area contributed by atoms with Crippen molar-refractivity contribution in [1.82, 2.24) is 0 Å². The predicted molar refractivity (Wildman–Crippen MR) is 84.4 cm³/mol. The topological polar surface area (TPSA) is 12.0 Å². The summed E-state index contributed by atoms with van der Waals surface area (Å²) in [5, 5.41) is 3.34. The molecule has 0 spiro atoms. The van der Waals surface area contributed by atoms with Gasteiger partial charge in [-0.3, -0.25) is 0 Å². The Hall–Kier alpha value is -1.39. The van der Waals surface area contributed by atoms with Gasteiger partial charge in [-0.2, -0.15) is 0 Å². The van der Waals surface area contributed by atoms with Gasteiger partial charge in [0, 0.05) is 10.6 Å². The minimum Gasteiger partial charge on any atom is -0.349 e. The molecule has 2 aromatic carbocycles. The predicted octanol–water partition coefficient (Wildman–Crippen LogP) is 4.75. The quantitative estimate of drug-likeness (QED) is 0.645. The SMILES string of the molecule is CC(Sc1ccc(F)cc1)C(=S)Nc1ccccc1. The fourth-order valence-electron chi connectivity index (χ4n) is 1.54. The van der Waals surface area contributed by atoms with Crippen LogP contribution >= 0.6 is 24.0 Å². The average Bonchev–Trinajstić information content (AvgIpc) is 2.42. The van der Waals surface area contributed by atoms with Crippen LogP contribution in [0.1, 0.15) is 6.92 Å². The molecule has 0 heterocycles. The minimum absolute atomic E-state index is 0.126. The summed E-state index contributed by atoms with van der Waals surface area (Å²) >= 11 is 6.99. The Morgan fingerprint density at radius 3 is 2.37 bits per heavy atom. The fourth-order valence-corrected chi connectivity index (χ4v) is 2.67. The van der Waals surface area contributed by atoms with Crippen molar-refractivity contribution >= 4 is 34.7 Å². The van der Waals surface area contributed by atoms with Gasteiger partial charge >= 0.3 is 0 Å². The van der Waals surface area contributed by atoms with Crippen molar-refractivity contribution < 1.29 is 4.39 Å². The van der Waals surface area contributed by atoms with Gasteiger partial charge in [0.2, 0.25) is 0 Å². The number of thiocarbonyl (C=S) groups is 1. The van der Waals surface area contributed by atoms with E-state index in [1.165, 1.54) is 12.1 Å². The maximum atomic E-state index is 12.8. The van der Waals surface area contributed by atoms with Crippen molar-refractivity contribution in [1.29, 1.82) is 0 Å². The average molecular weight is 291 g/mol. The lowest BCUT2D eigenvalue weighted by Crippen LogP contribution is -2.20. The van der Waals surface area contributed by atoms with E-state index < -0.39 is 0 Å². The van der Waals surface area contributed by atoms with Crippen LogP contribution in [0.5, 0.6) is 0 Å². The van der Waals surface area contributed by atoms with Crippen molar-refractivity contribution in [3.8, 4) is 0 Å². The van der Waals surface area contributed by atoms with Crippen LogP contribution < -0.4 is 5.32 Å². The minimum atomic E-state index is -0.220. The van der Waals surface area contributed by atoms with Gasteiger partial charge in [0.15, 0.2) is 0 Å². The van der Waals surface area contributed by atoms with Crippen molar-refractivity contribution in [3.63, 3.8) is 0 Å². The summed E-state index contributed by atoms with van der Waals surface area (Å²) < 4.78 is 12.8. The molecule has 0 aliphatic carbocycles. The van der Waals surface area contributed by atoms with E-state index in [4.69, 9.17) is 12.2 Å². The molecule has 0 fully saturated rings. The largest absolute Gasteiger partial charge is 0.349 e. The van der Waals surface area contributed by atoms with Gasteiger partial charge in [0.25, 0.3) is 0 Å². The van der Waals surface area contributed by atoms with Crippen molar-refractivity contribution in [2.45, 2.75) is 17.1 Å². The molecular formula is C15H14FNS2. The highest BCUT2D eigenvalue weighted by molar-refractivity contribution is 8.01. The highest BCUT2D eigenvalue weighted by Crippen LogP contribution is 2.24. The first-order valence-electron chi connectivity index (χ1n) is 5.93. The van der Waals surface area contributed by atoms with Gasteiger partial charge in [0.05, 0.1) is 10.2 Å². The first kappa shape index (κ1) is 14.0. The molecule has 0 radical (unpaired) electrons. The second-order valence-electron chi connectivity index (χ2n) is 4.07. The molecule has 2 rings (SSSR count). The van der Waals surface area contributed by atoms with Crippen LogP contribution in [-0.4, -0.2) is 10.2 Å². The van der Waals surface area contributed by atoms with Gasteiger partial charge in [-0.15, -0.1) is 11.8 Å². The number of para-hydroxylation sites is 1. The molecule has 0 aromatic heterocycles. The van der Waals surface area contributed by atoms with Crippen molar-refractivity contribution in [3.05, 3.63) is 60.4 Å². The van der Waals surface area contributed by atoms with Crippen LogP contribution in [0.15, 0.2) is 59.5 Å².